The maximum atomic E-state index is 6.06. The van der Waals surface area contributed by atoms with E-state index in [0.29, 0.717) is 39.7 Å². The van der Waals surface area contributed by atoms with Gasteiger partial charge in [-0.2, -0.15) is 0 Å². The van der Waals surface area contributed by atoms with Crippen molar-refractivity contribution in [3.05, 3.63) is 46.6 Å². The van der Waals surface area contributed by atoms with Crippen LogP contribution in [0.15, 0.2) is 46.2 Å². The quantitative estimate of drug-likeness (QED) is 0.471. The van der Waals surface area contributed by atoms with Gasteiger partial charge in [0.15, 0.2) is 22.5 Å². The van der Waals surface area contributed by atoms with E-state index in [2.05, 4.69) is 10.2 Å². The Labute approximate surface area is 147 Å². The van der Waals surface area contributed by atoms with E-state index < -0.39 is 0 Å². The van der Waals surface area contributed by atoms with Gasteiger partial charge in [0.25, 0.3) is 0 Å². The predicted octanol–water partition coefficient (Wildman–Crippen LogP) is 4.55. The highest BCUT2D eigenvalue weighted by molar-refractivity contribution is 7.99. The molecule has 120 valence electrons. The van der Waals surface area contributed by atoms with E-state index in [1.54, 1.807) is 24.5 Å². The number of aromatic nitrogens is 3. The fraction of sp³-hybridized carbons (Fsp3) is 0.200. The van der Waals surface area contributed by atoms with E-state index in [9.17, 15) is 0 Å². The number of hydrogen-bond donors (Lipinski definition) is 0. The Bertz CT molecular complexity index is 770. The van der Waals surface area contributed by atoms with E-state index >= 15 is 0 Å². The summed E-state index contributed by atoms with van der Waals surface area (Å²) in [7, 11) is 1.89. The molecule has 0 N–H and O–H groups in total. The zero-order valence-electron chi connectivity index (χ0n) is 12.2. The van der Waals surface area contributed by atoms with Gasteiger partial charge in [-0.25, -0.2) is 0 Å². The van der Waals surface area contributed by atoms with Crippen LogP contribution in [0, 0.1) is 0 Å². The molecule has 8 heteroatoms. The first-order chi connectivity index (χ1) is 11.2. The number of rotatable bonds is 6. The molecule has 0 radical (unpaired) electrons. The molecule has 3 aromatic rings. The molecule has 0 saturated heterocycles. The molecular weight excluding hydrogens is 357 g/mol. The predicted molar refractivity (Wildman–Crippen MR) is 91.4 cm³/mol. The van der Waals surface area contributed by atoms with Gasteiger partial charge >= 0.3 is 0 Å². The van der Waals surface area contributed by atoms with Crippen LogP contribution < -0.4 is 4.74 Å². The summed E-state index contributed by atoms with van der Waals surface area (Å²) < 4.78 is 12.9. The van der Waals surface area contributed by atoms with Gasteiger partial charge in [0.2, 0.25) is 0 Å². The first-order valence-electron chi connectivity index (χ1n) is 6.79. The number of hydrogen-bond acceptors (Lipinski definition) is 5. The third-order valence-corrected chi connectivity index (χ3v) is 4.64. The number of halogens is 2. The van der Waals surface area contributed by atoms with Crippen LogP contribution in [-0.4, -0.2) is 27.1 Å². The van der Waals surface area contributed by atoms with Crippen molar-refractivity contribution in [2.75, 3.05) is 12.4 Å². The fourth-order valence-electron chi connectivity index (χ4n) is 1.96. The second kappa shape index (κ2) is 7.29. The maximum Gasteiger partial charge on any atom is 0.200 e. The van der Waals surface area contributed by atoms with E-state index in [4.69, 9.17) is 32.4 Å². The molecule has 5 nitrogen and oxygen atoms in total. The molecule has 0 fully saturated rings. The van der Waals surface area contributed by atoms with Crippen molar-refractivity contribution in [1.82, 2.24) is 14.8 Å². The second-order valence-electron chi connectivity index (χ2n) is 4.59. The molecule has 1 aromatic carbocycles. The van der Waals surface area contributed by atoms with Crippen molar-refractivity contribution >= 4 is 35.0 Å². The van der Waals surface area contributed by atoms with Crippen LogP contribution in [0.25, 0.3) is 11.6 Å². The number of furan rings is 1. The van der Waals surface area contributed by atoms with Gasteiger partial charge in [-0.05, 0) is 24.3 Å². The van der Waals surface area contributed by atoms with Crippen LogP contribution in [0.5, 0.6) is 5.75 Å². The summed E-state index contributed by atoms with van der Waals surface area (Å²) >= 11 is 13.6. The van der Waals surface area contributed by atoms with Crippen molar-refractivity contribution in [3.8, 4) is 17.3 Å². The topological polar surface area (TPSA) is 53.1 Å². The molecule has 23 heavy (non-hydrogen) atoms. The van der Waals surface area contributed by atoms with Gasteiger partial charge in [-0.15, -0.1) is 10.2 Å². The number of para-hydroxylation sites is 1. The molecule has 0 amide bonds. The highest BCUT2D eigenvalue weighted by Gasteiger charge is 2.13. The van der Waals surface area contributed by atoms with Crippen LogP contribution in [0.4, 0.5) is 0 Å². The van der Waals surface area contributed by atoms with Crippen molar-refractivity contribution in [3.63, 3.8) is 0 Å². The molecule has 0 aliphatic rings. The highest BCUT2D eigenvalue weighted by Crippen LogP contribution is 2.32. The molecule has 0 spiro atoms. The summed E-state index contributed by atoms with van der Waals surface area (Å²) in [5, 5.41) is 10.1. The Morgan fingerprint density at radius 2 is 1.96 bits per heavy atom. The summed E-state index contributed by atoms with van der Waals surface area (Å²) in [4.78, 5) is 0. The van der Waals surface area contributed by atoms with Gasteiger partial charge in [0.05, 0.1) is 22.9 Å². The third-order valence-electron chi connectivity index (χ3n) is 3.06. The van der Waals surface area contributed by atoms with E-state index in [-0.39, 0.29) is 0 Å². The first-order valence-corrected chi connectivity index (χ1v) is 8.54. The van der Waals surface area contributed by atoms with Crippen LogP contribution in [0.2, 0.25) is 10.0 Å². The lowest BCUT2D eigenvalue weighted by molar-refractivity contribution is 0.344. The zero-order chi connectivity index (χ0) is 16.2. The fourth-order valence-corrected chi connectivity index (χ4v) is 3.19. The lowest BCUT2D eigenvalue weighted by Gasteiger charge is -2.09. The maximum absolute atomic E-state index is 6.06. The molecule has 0 bridgehead atoms. The second-order valence-corrected chi connectivity index (χ2v) is 6.47. The average molecular weight is 370 g/mol. The normalized spacial score (nSPS) is 10.9. The molecule has 0 unspecified atom stereocenters. The van der Waals surface area contributed by atoms with Crippen molar-refractivity contribution in [2.24, 2.45) is 7.05 Å². The highest BCUT2D eigenvalue weighted by atomic mass is 35.5. The summed E-state index contributed by atoms with van der Waals surface area (Å²) in [6.07, 6.45) is 1.61. The Kier molecular flexibility index (Phi) is 5.15. The zero-order valence-corrected chi connectivity index (χ0v) is 14.5. The van der Waals surface area contributed by atoms with Gasteiger partial charge in [-0.3, -0.25) is 0 Å². The Morgan fingerprint density at radius 1 is 1.17 bits per heavy atom. The minimum absolute atomic E-state index is 0.455. The van der Waals surface area contributed by atoms with Crippen LogP contribution in [-0.2, 0) is 7.05 Å². The smallest absolute Gasteiger partial charge is 0.200 e. The minimum Gasteiger partial charge on any atom is -0.490 e. The number of nitrogens with zero attached hydrogens (tertiary/aromatic N) is 3. The molecular formula is C15H13Cl2N3O2S. The van der Waals surface area contributed by atoms with Crippen molar-refractivity contribution in [1.29, 1.82) is 0 Å². The summed E-state index contributed by atoms with van der Waals surface area (Å²) in [5.41, 5.74) is 0. The standard InChI is InChI=1S/C15H13Cl2N3O2S/c1-20-14(12-6-3-7-21-12)18-19-15(20)23-9-8-22-13-10(16)4-2-5-11(13)17/h2-7H,8-9H2,1H3. The molecule has 0 aliphatic heterocycles. The lowest BCUT2D eigenvalue weighted by Crippen LogP contribution is -2.02. The van der Waals surface area contributed by atoms with Gasteiger partial charge in [0, 0.05) is 12.8 Å². The largest absolute Gasteiger partial charge is 0.490 e. The molecule has 2 aromatic heterocycles. The summed E-state index contributed by atoms with van der Waals surface area (Å²) in [5.74, 6) is 2.57. The number of benzene rings is 1. The summed E-state index contributed by atoms with van der Waals surface area (Å²) in [6.45, 7) is 0.455. The molecule has 0 atom stereocenters. The van der Waals surface area contributed by atoms with Crippen LogP contribution in [0.3, 0.4) is 0 Å². The molecule has 0 saturated carbocycles. The Balaban J connectivity index is 1.58. The first kappa shape index (κ1) is 16.2. The third kappa shape index (κ3) is 3.65. The summed E-state index contributed by atoms with van der Waals surface area (Å²) in [6, 6.07) is 8.93. The van der Waals surface area contributed by atoms with Gasteiger partial charge in [-0.1, -0.05) is 41.0 Å². The Hall–Kier alpha value is -1.63. The van der Waals surface area contributed by atoms with Crippen LogP contribution >= 0.6 is 35.0 Å². The van der Waals surface area contributed by atoms with E-state index in [1.807, 2.05) is 23.7 Å². The minimum atomic E-state index is 0.455. The number of ether oxygens (including phenoxy) is 1. The van der Waals surface area contributed by atoms with Crippen molar-refractivity contribution in [2.45, 2.75) is 5.16 Å². The SMILES string of the molecule is Cn1c(SCCOc2c(Cl)cccc2Cl)nnc1-c1ccco1. The van der Waals surface area contributed by atoms with E-state index in [1.165, 1.54) is 11.8 Å². The lowest BCUT2D eigenvalue weighted by atomic mass is 10.3. The van der Waals surface area contributed by atoms with Gasteiger partial charge in [0.1, 0.15) is 0 Å². The van der Waals surface area contributed by atoms with E-state index in [0.717, 1.165) is 5.16 Å². The number of thioether (sulfide) groups is 1. The van der Waals surface area contributed by atoms with Crippen LogP contribution in [0.1, 0.15) is 0 Å². The molecule has 3 rings (SSSR count). The van der Waals surface area contributed by atoms with Crippen molar-refractivity contribution < 1.29 is 9.15 Å². The molecule has 0 aliphatic carbocycles. The van der Waals surface area contributed by atoms with Gasteiger partial charge < -0.3 is 13.7 Å². The average Bonchev–Trinajstić information content (AvgIpc) is 3.16. The molecule has 2 heterocycles. The monoisotopic (exact) mass is 369 g/mol. The Morgan fingerprint density at radius 3 is 2.65 bits per heavy atom.